The van der Waals surface area contributed by atoms with Crippen molar-refractivity contribution in [3.63, 3.8) is 0 Å². The molecule has 1 aromatic heterocycles. The molecule has 1 heterocycles. The van der Waals surface area contributed by atoms with Crippen molar-refractivity contribution in [2.24, 2.45) is 0 Å². The molecule has 23 heavy (non-hydrogen) atoms. The first-order valence-electron chi connectivity index (χ1n) is 7.56. The van der Waals surface area contributed by atoms with Gasteiger partial charge in [-0.15, -0.1) is 0 Å². The van der Waals surface area contributed by atoms with E-state index < -0.39 is 19.9 Å². The highest BCUT2D eigenvalue weighted by Crippen LogP contribution is 2.26. The number of benzene rings is 1. The monoisotopic (exact) mass is 338 g/mol. The van der Waals surface area contributed by atoms with Crippen LogP contribution in [0.2, 0.25) is 25.7 Å². The van der Waals surface area contributed by atoms with Gasteiger partial charge in [-0.3, -0.25) is 0 Å². The largest absolute Gasteiger partial charge is 0.464 e. The summed E-state index contributed by atoms with van der Waals surface area (Å²) < 4.78 is 26.0. The maximum Gasteiger partial charge on any atom is 0.359 e. The average molecular weight is 338 g/mol. The number of aryl methyl sites for hydroxylation is 1. The number of hydrogen-bond acceptors (Lipinski definition) is 4. The Morgan fingerprint density at radius 3 is 2.65 bits per heavy atom. The number of nitrogens with zero attached hydrogens (tertiary/aromatic N) is 2. The summed E-state index contributed by atoms with van der Waals surface area (Å²) in [5.74, 6) is -1.01. The number of methoxy groups -OCH3 is 1. The molecule has 0 amide bonds. The fourth-order valence-corrected chi connectivity index (χ4v) is 3.06. The highest BCUT2D eigenvalue weighted by molar-refractivity contribution is 6.76. The Hall–Kier alpha value is -1.73. The van der Waals surface area contributed by atoms with Crippen molar-refractivity contribution in [1.82, 2.24) is 9.78 Å². The number of hydrogen-bond donors (Lipinski definition) is 0. The van der Waals surface area contributed by atoms with Crippen molar-refractivity contribution < 1.29 is 18.7 Å². The molecule has 0 aliphatic carbocycles. The zero-order valence-electron chi connectivity index (χ0n) is 14.3. The maximum absolute atomic E-state index is 14.2. The predicted molar refractivity (Wildman–Crippen MR) is 89.9 cm³/mol. The fraction of sp³-hybridized carbons (Fsp3) is 0.500. The molecule has 1 aromatic carbocycles. The number of aromatic nitrogens is 2. The zero-order chi connectivity index (χ0) is 17.2. The van der Waals surface area contributed by atoms with E-state index in [1.807, 2.05) is 6.92 Å². The van der Waals surface area contributed by atoms with Gasteiger partial charge in [0.15, 0.2) is 5.69 Å². The Balaban J connectivity index is 2.33. The van der Waals surface area contributed by atoms with Crippen LogP contribution in [0.15, 0.2) is 12.1 Å². The molecule has 0 N–H and O–H groups in total. The third kappa shape index (κ3) is 3.97. The van der Waals surface area contributed by atoms with Crippen LogP contribution in [0.3, 0.4) is 0 Å². The standard InChI is InChI=1S/C16H23FN2O3Si/c1-11-6-7-12(17)15-13(11)14(16(20)21-2)18-19(15)10-22-8-9-23(3,4)5/h6-7H,8-10H2,1-5H3. The van der Waals surface area contributed by atoms with Crippen molar-refractivity contribution in [2.45, 2.75) is 39.3 Å². The molecule has 0 atom stereocenters. The smallest absolute Gasteiger partial charge is 0.359 e. The Labute approximate surface area is 136 Å². The zero-order valence-corrected chi connectivity index (χ0v) is 15.3. The maximum atomic E-state index is 14.2. The molecule has 0 saturated heterocycles. The first-order valence-corrected chi connectivity index (χ1v) is 11.3. The number of ether oxygens (including phenoxy) is 2. The van der Waals surface area contributed by atoms with Gasteiger partial charge >= 0.3 is 5.97 Å². The van der Waals surface area contributed by atoms with Gasteiger partial charge in [0, 0.05) is 20.1 Å². The number of fused-ring (bicyclic) bond motifs is 1. The van der Waals surface area contributed by atoms with Crippen molar-refractivity contribution in [3.8, 4) is 0 Å². The lowest BCUT2D eigenvalue weighted by molar-refractivity contribution is 0.0585. The van der Waals surface area contributed by atoms with Gasteiger partial charge in [-0.1, -0.05) is 25.7 Å². The van der Waals surface area contributed by atoms with Crippen LogP contribution in [-0.2, 0) is 16.2 Å². The van der Waals surface area contributed by atoms with Gasteiger partial charge in [-0.25, -0.2) is 13.9 Å². The molecular formula is C16H23FN2O3Si. The number of carbonyl (C=O) groups is 1. The van der Waals surface area contributed by atoms with Crippen LogP contribution in [0.1, 0.15) is 16.1 Å². The molecule has 0 unspecified atom stereocenters. The minimum Gasteiger partial charge on any atom is -0.464 e. The van der Waals surface area contributed by atoms with Crippen LogP contribution in [0, 0.1) is 12.7 Å². The third-order valence-corrected chi connectivity index (χ3v) is 5.35. The molecule has 5 nitrogen and oxygen atoms in total. The summed E-state index contributed by atoms with van der Waals surface area (Å²) >= 11 is 0. The molecule has 7 heteroatoms. The van der Waals surface area contributed by atoms with E-state index in [-0.39, 0.29) is 17.9 Å². The number of halogens is 1. The molecule has 0 aliphatic rings. The molecule has 0 fully saturated rings. The van der Waals surface area contributed by atoms with Crippen LogP contribution in [-0.4, -0.2) is 37.5 Å². The summed E-state index contributed by atoms with van der Waals surface area (Å²) in [7, 11) is 0.0938. The van der Waals surface area contributed by atoms with Crippen molar-refractivity contribution >= 4 is 24.9 Å². The van der Waals surface area contributed by atoms with E-state index in [4.69, 9.17) is 9.47 Å². The van der Waals surface area contributed by atoms with E-state index in [0.717, 1.165) is 11.6 Å². The quantitative estimate of drug-likeness (QED) is 0.459. The summed E-state index contributed by atoms with van der Waals surface area (Å²) in [5.41, 5.74) is 1.17. The lowest BCUT2D eigenvalue weighted by Crippen LogP contribution is -2.22. The second-order valence-electron chi connectivity index (χ2n) is 6.78. The Morgan fingerprint density at radius 1 is 1.35 bits per heavy atom. The summed E-state index contributed by atoms with van der Waals surface area (Å²) in [4.78, 5) is 11.9. The number of carbonyl (C=O) groups excluding carboxylic acids is 1. The van der Waals surface area contributed by atoms with E-state index in [0.29, 0.717) is 12.0 Å². The highest BCUT2D eigenvalue weighted by Gasteiger charge is 2.22. The van der Waals surface area contributed by atoms with Gasteiger partial charge in [-0.05, 0) is 24.6 Å². The summed E-state index contributed by atoms with van der Waals surface area (Å²) in [5, 5.41) is 4.68. The van der Waals surface area contributed by atoms with Crippen LogP contribution in [0.4, 0.5) is 4.39 Å². The van der Waals surface area contributed by atoms with Gasteiger partial charge in [0.05, 0.1) is 7.11 Å². The Kier molecular flexibility index (Phi) is 5.21. The normalized spacial score (nSPS) is 11.9. The van der Waals surface area contributed by atoms with E-state index in [2.05, 4.69) is 24.7 Å². The minimum atomic E-state index is -1.19. The first-order chi connectivity index (χ1) is 10.7. The molecule has 0 aliphatic heterocycles. The van der Waals surface area contributed by atoms with Gasteiger partial charge < -0.3 is 9.47 Å². The molecule has 126 valence electrons. The molecule has 0 bridgehead atoms. The van der Waals surface area contributed by atoms with E-state index >= 15 is 0 Å². The van der Waals surface area contributed by atoms with Crippen molar-refractivity contribution in [1.29, 1.82) is 0 Å². The number of rotatable bonds is 6. The first kappa shape index (κ1) is 17.6. The Bertz CT molecular complexity index is 722. The lowest BCUT2D eigenvalue weighted by Gasteiger charge is -2.15. The molecule has 0 spiro atoms. The summed E-state index contributed by atoms with van der Waals surface area (Å²) in [6, 6.07) is 4.01. The van der Waals surface area contributed by atoms with E-state index in [9.17, 15) is 9.18 Å². The third-order valence-electron chi connectivity index (χ3n) is 3.64. The number of esters is 1. The highest BCUT2D eigenvalue weighted by atomic mass is 28.3. The van der Waals surface area contributed by atoms with Gasteiger partial charge in [0.25, 0.3) is 0 Å². The predicted octanol–water partition coefficient (Wildman–Crippen LogP) is 3.58. The SMILES string of the molecule is COC(=O)c1nn(COCC[Si](C)(C)C)c2c(F)ccc(C)c12. The molecule has 2 rings (SSSR count). The summed E-state index contributed by atoms with van der Waals surface area (Å²) in [6.45, 7) is 9.30. The van der Waals surface area contributed by atoms with Gasteiger partial charge in [0.1, 0.15) is 18.1 Å². The Morgan fingerprint density at radius 2 is 2.04 bits per heavy atom. The van der Waals surface area contributed by atoms with Gasteiger partial charge in [0.2, 0.25) is 0 Å². The second kappa shape index (κ2) is 6.80. The van der Waals surface area contributed by atoms with E-state index in [1.54, 1.807) is 6.07 Å². The van der Waals surface area contributed by atoms with Crippen molar-refractivity contribution in [2.75, 3.05) is 13.7 Å². The molecule has 2 aromatic rings. The van der Waals surface area contributed by atoms with Crippen LogP contribution in [0.5, 0.6) is 0 Å². The fourth-order valence-electron chi connectivity index (χ4n) is 2.30. The second-order valence-corrected chi connectivity index (χ2v) is 12.4. The average Bonchev–Trinajstić information content (AvgIpc) is 2.86. The van der Waals surface area contributed by atoms with Crippen LogP contribution in [0.25, 0.3) is 10.9 Å². The molecule has 0 saturated carbocycles. The molecular weight excluding hydrogens is 315 g/mol. The van der Waals surface area contributed by atoms with Crippen LogP contribution < -0.4 is 0 Å². The van der Waals surface area contributed by atoms with Gasteiger partial charge in [-0.2, -0.15) is 5.10 Å². The van der Waals surface area contributed by atoms with E-state index in [1.165, 1.54) is 17.9 Å². The lowest BCUT2D eigenvalue weighted by atomic mass is 10.1. The molecule has 0 radical (unpaired) electrons. The van der Waals surface area contributed by atoms with Crippen LogP contribution >= 0.6 is 0 Å². The summed E-state index contributed by atoms with van der Waals surface area (Å²) in [6.07, 6.45) is 0. The minimum absolute atomic E-state index is 0.109. The van der Waals surface area contributed by atoms with Crippen molar-refractivity contribution in [3.05, 3.63) is 29.2 Å². The topological polar surface area (TPSA) is 53.3 Å².